The lowest BCUT2D eigenvalue weighted by Gasteiger charge is -2.36. The third-order valence-electron chi connectivity index (χ3n) is 5.74. The molecule has 30 heavy (non-hydrogen) atoms. The Hall–Kier alpha value is -2.93. The van der Waals surface area contributed by atoms with E-state index < -0.39 is 5.76 Å². The Bertz CT molecular complexity index is 1080. The minimum atomic E-state index is -0.411. The lowest BCUT2D eigenvalue weighted by Crippen LogP contribution is -2.46. The van der Waals surface area contributed by atoms with E-state index in [9.17, 15) is 14.0 Å². The number of aromatic nitrogens is 1. The van der Waals surface area contributed by atoms with Crippen LogP contribution < -0.4 is 10.7 Å². The molecule has 0 unspecified atom stereocenters. The van der Waals surface area contributed by atoms with Crippen LogP contribution in [0.3, 0.4) is 0 Å². The molecule has 1 saturated heterocycles. The number of anilines is 1. The van der Waals surface area contributed by atoms with E-state index in [-0.39, 0.29) is 11.6 Å². The number of Topliss-reactive ketones (excluding diaryl/α,β-unsaturated/α-hetero) is 1. The van der Waals surface area contributed by atoms with Crippen LogP contribution in [-0.2, 0) is 6.54 Å². The summed E-state index contributed by atoms with van der Waals surface area (Å²) < 4.78 is 20.1. The molecule has 0 bridgehead atoms. The molecule has 0 aliphatic carbocycles. The Morgan fingerprint density at radius 1 is 1.00 bits per heavy atom. The number of unbranched alkanes of at least 4 members (excludes halogenated alkanes) is 1. The standard InChI is InChI=1S/C23H26FN3O3/c1-17(28)20-5-4-6-21-22(20)30-23(29)27(21)12-3-2-11-25-13-15-26(16-14-25)19-9-7-18(24)8-10-19/h4-10H,2-3,11-16H2,1H3. The Labute approximate surface area is 174 Å². The quantitative estimate of drug-likeness (QED) is 0.440. The summed E-state index contributed by atoms with van der Waals surface area (Å²) in [4.78, 5) is 28.7. The highest BCUT2D eigenvalue weighted by atomic mass is 19.1. The molecule has 0 atom stereocenters. The van der Waals surface area contributed by atoms with Gasteiger partial charge in [0.25, 0.3) is 0 Å². The van der Waals surface area contributed by atoms with E-state index in [1.807, 2.05) is 18.2 Å². The number of piperazine rings is 1. The van der Waals surface area contributed by atoms with Gasteiger partial charge in [0, 0.05) is 38.4 Å². The molecular weight excluding hydrogens is 385 g/mol. The predicted molar refractivity (Wildman–Crippen MR) is 115 cm³/mol. The van der Waals surface area contributed by atoms with Crippen molar-refractivity contribution in [1.82, 2.24) is 9.47 Å². The molecule has 6 nitrogen and oxygen atoms in total. The minimum Gasteiger partial charge on any atom is -0.407 e. The van der Waals surface area contributed by atoms with Crippen LogP contribution in [0.15, 0.2) is 51.7 Å². The summed E-state index contributed by atoms with van der Waals surface area (Å²) in [6.45, 7) is 6.80. The van der Waals surface area contributed by atoms with Gasteiger partial charge >= 0.3 is 5.76 Å². The first-order valence-corrected chi connectivity index (χ1v) is 10.4. The number of fused-ring (bicyclic) bond motifs is 1. The highest BCUT2D eigenvalue weighted by molar-refractivity contribution is 6.04. The van der Waals surface area contributed by atoms with Crippen molar-refractivity contribution in [3.63, 3.8) is 0 Å². The van der Waals surface area contributed by atoms with E-state index >= 15 is 0 Å². The summed E-state index contributed by atoms with van der Waals surface area (Å²) >= 11 is 0. The number of nitrogens with zero attached hydrogens (tertiary/aromatic N) is 3. The van der Waals surface area contributed by atoms with Crippen molar-refractivity contribution in [3.05, 3.63) is 64.4 Å². The Morgan fingerprint density at radius 3 is 2.40 bits per heavy atom. The van der Waals surface area contributed by atoms with E-state index in [1.54, 1.807) is 16.7 Å². The van der Waals surface area contributed by atoms with Gasteiger partial charge < -0.3 is 9.32 Å². The molecule has 1 fully saturated rings. The van der Waals surface area contributed by atoms with Gasteiger partial charge in [-0.15, -0.1) is 0 Å². The number of oxazole rings is 1. The Morgan fingerprint density at radius 2 is 1.70 bits per heavy atom. The lowest BCUT2D eigenvalue weighted by atomic mass is 10.1. The third-order valence-corrected chi connectivity index (χ3v) is 5.74. The molecule has 0 saturated carbocycles. The van der Waals surface area contributed by atoms with Gasteiger partial charge in [-0.3, -0.25) is 14.3 Å². The molecule has 1 aliphatic heterocycles. The summed E-state index contributed by atoms with van der Waals surface area (Å²) in [6.07, 6.45) is 1.83. The average molecular weight is 411 g/mol. The maximum absolute atomic E-state index is 13.1. The van der Waals surface area contributed by atoms with Crippen LogP contribution in [0.25, 0.3) is 11.1 Å². The molecule has 0 amide bonds. The van der Waals surface area contributed by atoms with E-state index in [1.165, 1.54) is 19.1 Å². The second-order valence-electron chi connectivity index (χ2n) is 7.74. The van der Waals surface area contributed by atoms with E-state index in [2.05, 4.69) is 9.80 Å². The molecule has 2 aromatic carbocycles. The molecule has 7 heteroatoms. The van der Waals surface area contributed by atoms with Crippen LogP contribution in [0.5, 0.6) is 0 Å². The van der Waals surface area contributed by atoms with Crippen LogP contribution >= 0.6 is 0 Å². The van der Waals surface area contributed by atoms with Gasteiger partial charge in [0.05, 0.1) is 11.1 Å². The van der Waals surface area contributed by atoms with Gasteiger partial charge in [0.2, 0.25) is 0 Å². The van der Waals surface area contributed by atoms with Crippen molar-refractivity contribution in [1.29, 1.82) is 0 Å². The van der Waals surface area contributed by atoms with Crippen molar-refractivity contribution in [2.45, 2.75) is 26.3 Å². The summed E-state index contributed by atoms with van der Waals surface area (Å²) in [5.74, 6) is -0.729. The van der Waals surface area contributed by atoms with Gasteiger partial charge in [-0.05, 0) is 62.7 Å². The molecule has 1 aliphatic rings. The number of para-hydroxylation sites is 1. The SMILES string of the molecule is CC(=O)c1cccc2c1oc(=O)n2CCCCN1CCN(c2ccc(F)cc2)CC1. The first-order chi connectivity index (χ1) is 14.5. The van der Waals surface area contributed by atoms with Crippen LogP contribution in [0.4, 0.5) is 10.1 Å². The lowest BCUT2D eigenvalue weighted by molar-refractivity contribution is 0.101. The van der Waals surface area contributed by atoms with Crippen molar-refractivity contribution in [2.24, 2.45) is 0 Å². The number of benzene rings is 2. The fourth-order valence-electron chi connectivity index (χ4n) is 4.06. The number of halogens is 1. The zero-order valence-electron chi connectivity index (χ0n) is 17.1. The molecular formula is C23H26FN3O3. The number of hydrogen-bond acceptors (Lipinski definition) is 5. The summed E-state index contributed by atoms with van der Waals surface area (Å²) in [7, 11) is 0. The number of aryl methyl sites for hydroxylation is 1. The van der Waals surface area contributed by atoms with Crippen LogP contribution in [0, 0.1) is 5.82 Å². The number of carbonyl (C=O) groups excluding carboxylic acids is 1. The largest absolute Gasteiger partial charge is 0.419 e. The number of rotatable bonds is 7. The number of hydrogen-bond donors (Lipinski definition) is 0. The Balaban J connectivity index is 1.28. The number of carbonyl (C=O) groups is 1. The number of ketones is 1. The summed E-state index contributed by atoms with van der Waals surface area (Å²) in [5.41, 5.74) is 2.57. The monoisotopic (exact) mass is 411 g/mol. The normalized spacial score (nSPS) is 15.1. The van der Waals surface area contributed by atoms with Gasteiger partial charge in [0.1, 0.15) is 5.82 Å². The first kappa shape index (κ1) is 20.3. The maximum atomic E-state index is 13.1. The van der Waals surface area contributed by atoms with E-state index in [4.69, 9.17) is 4.42 Å². The van der Waals surface area contributed by atoms with Gasteiger partial charge in [-0.2, -0.15) is 0 Å². The molecule has 2 heterocycles. The van der Waals surface area contributed by atoms with Crippen molar-refractivity contribution in [3.8, 4) is 0 Å². The van der Waals surface area contributed by atoms with Gasteiger partial charge in [-0.25, -0.2) is 9.18 Å². The smallest absolute Gasteiger partial charge is 0.407 e. The zero-order valence-corrected chi connectivity index (χ0v) is 17.1. The summed E-state index contributed by atoms with van der Waals surface area (Å²) in [6, 6.07) is 12.0. The third kappa shape index (κ3) is 4.31. The molecule has 3 aromatic rings. The van der Waals surface area contributed by atoms with Crippen molar-refractivity contribution < 1.29 is 13.6 Å². The second-order valence-corrected chi connectivity index (χ2v) is 7.74. The van der Waals surface area contributed by atoms with Gasteiger partial charge in [-0.1, -0.05) is 6.07 Å². The highest BCUT2D eigenvalue weighted by Gasteiger charge is 2.18. The van der Waals surface area contributed by atoms with Gasteiger partial charge in [0.15, 0.2) is 11.4 Å². The fraction of sp³-hybridized carbons (Fsp3) is 0.391. The molecule has 0 radical (unpaired) electrons. The minimum absolute atomic E-state index is 0.110. The first-order valence-electron chi connectivity index (χ1n) is 10.4. The topological polar surface area (TPSA) is 58.7 Å². The van der Waals surface area contributed by atoms with Crippen molar-refractivity contribution >= 4 is 22.6 Å². The molecule has 158 valence electrons. The molecule has 1 aromatic heterocycles. The fourth-order valence-corrected chi connectivity index (χ4v) is 4.06. The maximum Gasteiger partial charge on any atom is 0.419 e. The Kier molecular flexibility index (Phi) is 5.99. The zero-order chi connectivity index (χ0) is 21.1. The molecule has 0 N–H and O–H groups in total. The van der Waals surface area contributed by atoms with Crippen LogP contribution in [-0.4, -0.2) is 48.0 Å². The predicted octanol–water partition coefficient (Wildman–Crippen LogP) is 3.54. The van der Waals surface area contributed by atoms with Crippen LogP contribution in [0.1, 0.15) is 30.1 Å². The second kappa shape index (κ2) is 8.83. The highest BCUT2D eigenvalue weighted by Crippen LogP contribution is 2.19. The van der Waals surface area contributed by atoms with Crippen LogP contribution in [0.2, 0.25) is 0 Å². The molecule has 4 rings (SSSR count). The molecule has 0 spiro atoms. The van der Waals surface area contributed by atoms with Crippen molar-refractivity contribution in [2.75, 3.05) is 37.6 Å². The van der Waals surface area contributed by atoms with E-state index in [0.717, 1.165) is 51.3 Å². The summed E-state index contributed by atoms with van der Waals surface area (Å²) in [5, 5.41) is 0. The average Bonchev–Trinajstić information content (AvgIpc) is 3.07. The van der Waals surface area contributed by atoms with E-state index in [0.29, 0.717) is 23.2 Å².